The molecule has 0 saturated heterocycles. The van der Waals surface area contributed by atoms with Crippen LogP contribution >= 0.6 is 0 Å². The second kappa shape index (κ2) is 8.31. The number of aliphatic hydroxyl groups excluding tert-OH is 1. The Labute approximate surface area is 174 Å². The number of H-pyrrole nitrogens is 1. The molecule has 0 aliphatic heterocycles. The predicted molar refractivity (Wildman–Crippen MR) is 113 cm³/mol. The van der Waals surface area contributed by atoms with Crippen molar-refractivity contribution in [3.63, 3.8) is 0 Å². The maximum absolute atomic E-state index is 13.1. The van der Waals surface area contributed by atoms with E-state index >= 15 is 0 Å². The summed E-state index contributed by atoms with van der Waals surface area (Å²) in [4.78, 5) is 28.5. The van der Waals surface area contributed by atoms with E-state index in [9.17, 15) is 14.7 Å². The number of hydrogen-bond acceptors (Lipinski definition) is 4. The van der Waals surface area contributed by atoms with Crippen molar-refractivity contribution in [2.75, 3.05) is 7.05 Å². The van der Waals surface area contributed by atoms with Crippen LogP contribution in [-0.2, 0) is 0 Å². The molecule has 1 fully saturated rings. The number of benzene rings is 1. The van der Waals surface area contributed by atoms with Gasteiger partial charge >= 0.3 is 0 Å². The zero-order chi connectivity index (χ0) is 21.3. The molecule has 158 valence electrons. The molecule has 4 N–H and O–H groups in total. The molecule has 1 atom stereocenters. The Morgan fingerprint density at radius 2 is 1.97 bits per heavy atom. The molecule has 0 radical (unpaired) electrons. The zero-order valence-electron chi connectivity index (χ0n) is 17.2. The summed E-state index contributed by atoms with van der Waals surface area (Å²) >= 11 is 0. The highest BCUT2D eigenvalue weighted by Gasteiger charge is 2.26. The van der Waals surface area contributed by atoms with Crippen molar-refractivity contribution < 1.29 is 14.7 Å². The second-order valence-electron chi connectivity index (χ2n) is 7.88. The van der Waals surface area contributed by atoms with Gasteiger partial charge in [-0.2, -0.15) is 5.10 Å². The molecule has 30 heavy (non-hydrogen) atoms. The van der Waals surface area contributed by atoms with Crippen molar-refractivity contribution >= 4 is 22.7 Å². The maximum Gasteiger partial charge on any atom is 0.271 e. The summed E-state index contributed by atoms with van der Waals surface area (Å²) in [6.07, 6.45) is 4.43. The third-order valence-corrected chi connectivity index (χ3v) is 5.91. The third kappa shape index (κ3) is 3.82. The number of amides is 2. The summed E-state index contributed by atoms with van der Waals surface area (Å²) < 4.78 is 1.62. The van der Waals surface area contributed by atoms with E-state index in [1.165, 1.54) is 0 Å². The van der Waals surface area contributed by atoms with Crippen molar-refractivity contribution in [1.29, 1.82) is 0 Å². The second-order valence-corrected chi connectivity index (χ2v) is 7.88. The molecule has 0 spiro atoms. The number of rotatable bonds is 5. The topological polar surface area (TPSA) is 112 Å². The molecule has 3 aromatic rings. The van der Waals surface area contributed by atoms with E-state index in [0.29, 0.717) is 18.5 Å². The van der Waals surface area contributed by atoms with E-state index in [1.807, 2.05) is 37.4 Å². The summed E-state index contributed by atoms with van der Waals surface area (Å²) in [5, 5.41) is 20.9. The molecule has 1 saturated carbocycles. The molecule has 0 bridgehead atoms. The lowest BCUT2D eigenvalue weighted by Gasteiger charge is -2.26. The van der Waals surface area contributed by atoms with Crippen LogP contribution in [0, 0.1) is 0 Å². The van der Waals surface area contributed by atoms with Crippen molar-refractivity contribution in [2.24, 2.45) is 0 Å². The normalized spacial score (nSPS) is 20.1. The van der Waals surface area contributed by atoms with E-state index in [4.69, 9.17) is 0 Å². The fourth-order valence-corrected chi connectivity index (χ4v) is 4.18. The Morgan fingerprint density at radius 1 is 1.20 bits per heavy atom. The van der Waals surface area contributed by atoms with Crippen LogP contribution in [0.15, 0.2) is 36.5 Å². The number of hydrogen-bond donors (Lipinski definition) is 4. The molecule has 2 heterocycles. The Balaban J connectivity index is 1.68. The first-order valence-corrected chi connectivity index (χ1v) is 10.3. The summed E-state index contributed by atoms with van der Waals surface area (Å²) in [7, 11) is 1.54. The van der Waals surface area contributed by atoms with E-state index in [1.54, 1.807) is 17.8 Å². The van der Waals surface area contributed by atoms with Gasteiger partial charge < -0.3 is 20.7 Å². The number of fused-ring (bicyclic) bond motifs is 1. The van der Waals surface area contributed by atoms with Crippen molar-refractivity contribution in [3.05, 3.63) is 53.5 Å². The van der Waals surface area contributed by atoms with Crippen LogP contribution in [0.3, 0.4) is 0 Å². The van der Waals surface area contributed by atoms with Gasteiger partial charge in [0.1, 0.15) is 5.69 Å². The number of aromatic amines is 1. The average Bonchev–Trinajstić information content (AvgIpc) is 3.41. The van der Waals surface area contributed by atoms with Crippen LogP contribution in [0.25, 0.3) is 10.9 Å². The van der Waals surface area contributed by atoms with Crippen LogP contribution in [0.1, 0.15) is 65.2 Å². The summed E-state index contributed by atoms with van der Waals surface area (Å²) in [6.45, 7) is 1.97. The van der Waals surface area contributed by atoms with Gasteiger partial charge in [0.25, 0.3) is 11.8 Å². The average molecular weight is 409 g/mol. The molecular weight excluding hydrogens is 382 g/mol. The minimum Gasteiger partial charge on any atom is -0.393 e. The molecular formula is C22H27N5O3. The van der Waals surface area contributed by atoms with Gasteiger partial charge in [0.15, 0.2) is 5.69 Å². The molecule has 2 amide bonds. The van der Waals surface area contributed by atoms with Crippen LogP contribution in [0.5, 0.6) is 0 Å². The van der Waals surface area contributed by atoms with Gasteiger partial charge in [-0.1, -0.05) is 12.1 Å². The lowest BCUT2D eigenvalue weighted by atomic mass is 9.93. The Kier molecular flexibility index (Phi) is 5.59. The first-order valence-electron chi connectivity index (χ1n) is 10.3. The van der Waals surface area contributed by atoms with Crippen LogP contribution in [0.2, 0.25) is 0 Å². The van der Waals surface area contributed by atoms with Crippen LogP contribution in [0.4, 0.5) is 0 Å². The van der Waals surface area contributed by atoms with Crippen LogP contribution in [-0.4, -0.2) is 50.9 Å². The van der Waals surface area contributed by atoms with E-state index in [2.05, 4.69) is 20.7 Å². The number of carbonyl (C=O) groups is 2. The van der Waals surface area contributed by atoms with Gasteiger partial charge in [-0.05, 0) is 50.3 Å². The van der Waals surface area contributed by atoms with E-state index in [-0.39, 0.29) is 35.7 Å². The van der Waals surface area contributed by atoms with E-state index < -0.39 is 0 Å². The third-order valence-electron chi connectivity index (χ3n) is 5.91. The first kappa shape index (κ1) is 20.2. The number of nitrogens with zero attached hydrogens (tertiary/aromatic N) is 2. The summed E-state index contributed by atoms with van der Waals surface area (Å²) in [5.74, 6) is -0.595. The number of carbonyl (C=O) groups excluding carboxylic acids is 2. The predicted octanol–water partition coefficient (Wildman–Crippen LogP) is 2.37. The SMILES string of the molecule is CNC(=O)c1cc(C(=O)N[C@H]2CC[C@H](O)CC2)n(C(C)c2cccc3[nH]ccc23)n1. The number of aromatic nitrogens is 3. The minimum absolute atomic E-state index is 0.0103. The van der Waals surface area contributed by atoms with Crippen LogP contribution < -0.4 is 10.6 Å². The molecule has 8 heteroatoms. The molecule has 2 aromatic heterocycles. The lowest BCUT2D eigenvalue weighted by molar-refractivity contribution is 0.0856. The molecule has 1 aromatic carbocycles. The highest BCUT2D eigenvalue weighted by Crippen LogP contribution is 2.28. The quantitative estimate of drug-likeness (QED) is 0.518. The van der Waals surface area contributed by atoms with Gasteiger partial charge in [0.2, 0.25) is 0 Å². The fraction of sp³-hybridized carbons (Fsp3) is 0.409. The van der Waals surface area contributed by atoms with Gasteiger partial charge in [-0.15, -0.1) is 0 Å². The molecule has 1 aliphatic carbocycles. The highest BCUT2D eigenvalue weighted by molar-refractivity contribution is 5.98. The first-order chi connectivity index (χ1) is 14.5. The maximum atomic E-state index is 13.1. The van der Waals surface area contributed by atoms with Gasteiger partial charge in [0.05, 0.1) is 12.1 Å². The molecule has 1 aliphatic rings. The van der Waals surface area contributed by atoms with Gasteiger partial charge in [0, 0.05) is 36.3 Å². The summed E-state index contributed by atoms with van der Waals surface area (Å²) in [5.41, 5.74) is 2.56. The fourth-order valence-electron chi connectivity index (χ4n) is 4.18. The molecule has 1 unspecified atom stereocenters. The standard InChI is InChI=1S/C22H27N5O3/c1-13(16-4-3-5-18-17(16)10-11-24-18)27-20(12-19(26-27)21(29)23-2)22(30)25-14-6-8-15(28)9-7-14/h3-5,10-15,24,28H,6-9H2,1-2H3,(H,23,29)(H,25,30)/t13?,14-,15-. The number of nitrogens with one attached hydrogen (secondary N) is 3. The monoisotopic (exact) mass is 409 g/mol. The number of aliphatic hydroxyl groups is 1. The Hall–Kier alpha value is -3.13. The smallest absolute Gasteiger partial charge is 0.271 e. The largest absolute Gasteiger partial charge is 0.393 e. The zero-order valence-corrected chi connectivity index (χ0v) is 17.2. The Bertz CT molecular complexity index is 1060. The molecule has 8 nitrogen and oxygen atoms in total. The lowest BCUT2D eigenvalue weighted by Crippen LogP contribution is -2.39. The van der Waals surface area contributed by atoms with Crippen molar-refractivity contribution in [3.8, 4) is 0 Å². The minimum atomic E-state index is -0.337. The summed E-state index contributed by atoms with van der Waals surface area (Å²) in [6, 6.07) is 9.26. The van der Waals surface area contributed by atoms with Crippen molar-refractivity contribution in [2.45, 2.75) is 50.8 Å². The van der Waals surface area contributed by atoms with Gasteiger partial charge in [-0.25, -0.2) is 0 Å². The van der Waals surface area contributed by atoms with E-state index in [0.717, 1.165) is 29.3 Å². The van der Waals surface area contributed by atoms with Gasteiger partial charge in [-0.3, -0.25) is 14.3 Å². The van der Waals surface area contributed by atoms with Crippen molar-refractivity contribution in [1.82, 2.24) is 25.4 Å². The highest BCUT2D eigenvalue weighted by atomic mass is 16.3. The Morgan fingerprint density at radius 3 is 2.70 bits per heavy atom. The molecule has 4 rings (SSSR count).